The van der Waals surface area contributed by atoms with E-state index in [9.17, 15) is 9.59 Å². The third-order valence-electron chi connectivity index (χ3n) is 8.95. The highest BCUT2D eigenvalue weighted by Gasteiger charge is 2.59. The summed E-state index contributed by atoms with van der Waals surface area (Å²) in [4.78, 5) is 30.5. The second-order valence-electron chi connectivity index (χ2n) is 15.0. The Kier molecular flexibility index (Phi) is 11.0. The lowest BCUT2D eigenvalue weighted by molar-refractivity contribution is -0.151. The van der Waals surface area contributed by atoms with E-state index in [1.54, 1.807) is 6.92 Å². The molecule has 258 valence electrons. The van der Waals surface area contributed by atoms with Crippen LogP contribution < -0.4 is 9.47 Å². The molecule has 0 aromatic heterocycles. The van der Waals surface area contributed by atoms with Gasteiger partial charge in [0.1, 0.15) is 23.7 Å². The number of ether oxygens (including phenoxy) is 4. The maximum atomic E-state index is 13.3. The maximum absolute atomic E-state index is 13.3. The number of rotatable bonds is 13. The average molecular weight is 657 g/mol. The summed E-state index contributed by atoms with van der Waals surface area (Å²) >= 11 is 0. The summed E-state index contributed by atoms with van der Waals surface area (Å²) in [5.41, 5.74) is 2.88. The van der Waals surface area contributed by atoms with Crippen LogP contribution in [0.15, 0.2) is 78.9 Å². The topological polar surface area (TPSA) is 77.5 Å². The molecule has 2 aliphatic rings. The first-order chi connectivity index (χ1) is 22.8. The molecule has 1 aliphatic carbocycles. The highest BCUT2D eigenvalue weighted by Crippen LogP contribution is 2.49. The van der Waals surface area contributed by atoms with Crippen molar-refractivity contribution in [2.75, 3.05) is 32.8 Å². The summed E-state index contributed by atoms with van der Waals surface area (Å²) in [7, 11) is 0. The van der Waals surface area contributed by atoms with E-state index in [4.69, 9.17) is 18.9 Å². The molecule has 1 aliphatic heterocycles. The van der Waals surface area contributed by atoms with Crippen LogP contribution in [-0.2, 0) is 32.6 Å². The zero-order valence-electron chi connectivity index (χ0n) is 29.6. The van der Waals surface area contributed by atoms with Crippen LogP contribution in [0.1, 0.15) is 65.2 Å². The average Bonchev–Trinajstić information content (AvgIpc) is 3.50. The van der Waals surface area contributed by atoms with E-state index in [2.05, 4.69) is 49.9 Å². The quantitative estimate of drug-likeness (QED) is 0.179. The molecule has 3 aromatic carbocycles. The number of likely N-dealkylation sites (tertiary alicyclic amines) is 1. The van der Waals surface area contributed by atoms with Gasteiger partial charge in [0.2, 0.25) is 0 Å². The first-order valence-electron chi connectivity index (χ1n) is 17.2. The van der Waals surface area contributed by atoms with Gasteiger partial charge in [-0.15, -0.1) is 0 Å². The van der Waals surface area contributed by atoms with E-state index < -0.39 is 17.7 Å². The van der Waals surface area contributed by atoms with Crippen molar-refractivity contribution in [3.63, 3.8) is 0 Å². The van der Waals surface area contributed by atoms with Crippen molar-refractivity contribution >= 4 is 12.1 Å². The monoisotopic (exact) mass is 656 g/mol. The minimum atomic E-state index is -0.777. The maximum Gasteiger partial charge on any atom is 0.410 e. The fourth-order valence-electron chi connectivity index (χ4n) is 6.50. The Bertz CT molecular complexity index is 1480. The minimum absolute atomic E-state index is 0.0262. The fraction of sp³-hybridized carbons (Fsp3) is 0.500. The van der Waals surface area contributed by atoms with Gasteiger partial charge in [0.05, 0.1) is 13.2 Å². The van der Waals surface area contributed by atoms with E-state index >= 15 is 0 Å². The Morgan fingerprint density at radius 1 is 0.833 bits per heavy atom. The number of nitrogens with zero attached hydrogens (tertiary/aromatic N) is 2. The number of carbonyl (C=O) groups is 2. The van der Waals surface area contributed by atoms with Gasteiger partial charge in [0.25, 0.3) is 0 Å². The standard InChI is InChI=1S/C40H52N2O6/c1-8-45-37(43)35(47-32-20-16-30(17-21-32)39(2,3)4)24-28-14-18-31(19-15-28)46-23-22-42(38(44)48-40(5,6)7)36-33-26-41(27-34(33)36)25-29-12-10-9-11-13-29/h9-21,33-36H,8,22-27H2,1-7H3/t33-,34?,35+,36?/m1/s1. The lowest BCUT2D eigenvalue weighted by atomic mass is 9.87. The first-order valence-corrected chi connectivity index (χ1v) is 17.2. The number of amides is 1. The molecule has 8 heteroatoms. The zero-order valence-corrected chi connectivity index (χ0v) is 29.6. The van der Waals surface area contributed by atoms with Crippen LogP contribution in [0.25, 0.3) is 0 Å². The molecule has 0 spiro atoms. The summed E-state index contributed by atoms with van der Waals surface area (Å²) in [5.74, 6) is 1.82. The Morgan fingerprint density at radius 2 is 1.46 bits per heavy atom. The molecule has 1 saturated heterocycles. The molecule has 2 fully saturated rings. The third-order valence-corrected chi connectivity index (χ3v) is 8.95. The molecule has 0 N–H and O–H groups in total. The Morgan fingerprint density at radius 3 is 2.04 bits per heavy atom. The molecule has 0 bridgehead atoms. The normalized spacial score (nSPS) is 19.6. The summed E-state index contributed by atoms with van der Waals surface area (Å²) in [6, 6.07) is 26.2. The van der Waals surface area contributed by atoms with Crippen LogP contribution in [0.2, 0.25) is 0 Å². The second kappa shape index (κ2) is 15.0. The van der Waals surface area contributed by atoms with E-state index in [0.29, 0.717) is 42.9 Å². The molecule has 5 rings (SSSR count). The number of esters is 1. The number of piperidine rings is 1. The minimum Gasteiger partial charge on any atom is -0.492 e. The predicted octanol–water partition coefficient (Wildman–Crippen LogP) is 7.28. The van der Waals surface area contributed by atoms with E-state index in [-0.39, 0.29) is 24.2 Å². The summed E-state index contributed by atoms with van der Waals surface area (Å²) in [5, 5.41) is 0. The molecule has 2 unspecified atom stereocenters. The number of benzene rings is 3. The van der Waals surface area contributed by atoms with Crippen LogP contribution in [0, 0.1) is 11.8 Å². The van der Waals surface area contributed by atoms with Gasteiger partial charge in [-0.05, 0) is 85.9 Å². The van der Waals surface area contributed by atoms with Crippen LogP contribution in [0.4, 0.5) is 4.79 Å². The lowest BCUT2D eigenvalue weighted by Gasteiger charge is -2.30. The van der Waals surface area contributed by atoms with Crippen molar-refractivity contribution in [3.05, 3.63) is 95.6 Å². The Labute approximate surface area is 286 Å². The number of carbonyl (C=O) groups excluding carboxylic acids is 2. The molecular weight excluding hydrogens is 604 g/mol. The lowest BCUT2D eigenvalue weighted by Crippen LogP contribution is -2.43. The SMILES string of the molecule is CCOC(=O)[C@H](Cc1ccc(OCCN(C(=O)OC(C)(C)C)C2C3CN(Cc4ccccc4)C[C@H]32)cc1)Oc1ccc(C(C)(C)C)cc1. The molecule has 8 nitrogen and oxygen atoms in total. The molecular formula is C40H52N2O6. The van der Waals surface area contributed by atoms with Gasteiger partial charge in [-0.25, -0.2) is 9.59 Å². The Hall–Kier alpha value is -4.04. The van der Waals surface area contributed by atoms with Gasteiger partial charge < -0.3 is 23.8 Å². The molecule has 1 heterocycles. The third kappa shape index (κ3) is 9.53. The molecule has 1 saturated carbocycles. The van der Waals surface area contributed by atoms with Crippen molar-refractivity contribution in [1.82, 2.24) is 9.80 Å². The molecule has 0 radical (unpaired) electrons. The van der Waals surface area contributed by atoms with Gasteiger partial charge in [-0.1, -0.05) is 75.4 Å². The summed E-state index contributed by atoms with van der Waals surface area (Å²) < 4.78 is 23.4. The number of hydrogen-bond acceptors (Lipinski definition) is 7. The van der Waals surface area contributed by atoms with Crippen molar-refractivity contribution in [1.29, 1.82) is 0 Å². The highest BCUT2D eigenvalue weighted by atomic mass is 16.6. The number of fused-ring (bicyclic) bond motifs is 1. The largest absolute Gasteiger partial charge is 0.492 e. The van der Waals surface area contributed by atoms with Gasteiger partial charge in [0.15, 0.2) is 6.10 Å². The first kappa shape index (κ1) is 35.3. The van der Waals surface area contributed by atoms with Gasteiger partial charge in [-0.3, -0.25) is 4.90 Å². The number of hydrogen-bond donors (Lipinski definition) is 0. The van der Waals surface area contributed by atoms with Crippen LogP contribution in [0.5, 0.6) is 11.5 Å². The summed E-state index contributed by atoms with van der Waals surface area (Å²) in [6.07, 6.45) is -0.701. The highest BCUT2D eigenvalue weighted by molar-refractivity contribution is 5.75. The smallest absolute Gasteiger partial charge is 0.410 e. The van der Waals surface area contributed by atoms with Crippen LogP contribution in [0.3, 0.4) is 0 Å². The van der Waals surface area contributed by atoms with E-state index in [1.807, 2.05) is 80.3 Å². The summed E-state index contributed by atoms with van der Waals surface area (Å²) in [6.45, 7) is 17.9. The molecule has 48 heavy (non-hydrogen) atoms. The van der Waals surface area contributed by atoms with Crippen LogP contribution >= 0.6 is 0 Å². The van der Waals surface area contributed by atoms with Gasteiger partial charge in [-0.2, -0.15) is 0 Å². The van der Waals surface area contributed by atoms with E-state index in [1.165, 1.54) is 11.1 Å². The van der Waals surface area contributed by atoms with Crippen molar-refractivity contribution in [2.45, 2.75) is 84.6 Å². The van der Waals surface area contributed by atoms with Crippen molar-refractivity contribution in [3.8, 4) is 11.5 Å². The zero-order chi connectivity index (χ0) is 34.5. The van der Waals surface area contributed by atoms with Crippen molar-refractivity contribution < 1.29 is 28.5 Å². The molecule has 3 aromatic rings. The molecule has 4 atom stereocenters. The Balaban J connectivity index is 1.16. The fourth-order valence-corrected chi connectivity index (χ4v) is 6.50. The van der Waals surface area contributed by atoms with Crippen molar-refractivity contribution in [2.24, 2.45) is 11.8 Å². The van der Waals surface area contributed by atoms with E-state index in [0.717, 1.165) is 25.2 Å². The van der Waals surface area contributed by atoms with Gasteiger partial charge in [0, 0.05) is 32.1 Å². The second-order valence-corrected chi connectivity index (χ2v) is 15.0. The van der Waals surface area contributed by atoms with Gasteiger partial charge >= 0.3 is 12.1 Å². The van der Waals surface area contributed by atoms with Crippen LogP contribution in [-0.4, -0.2) is 72.5 Å². The molecule has 1 amide bonds. The predicted molar refractivity (Wildman–Crippen MR) is 187 cm³/mol.